The maximum absolute atomic E-state index is 12.2. The zero-order valence-corrected chi connectivity index (χ0v) is 14.7. The van der Waals surface area contributed by atoms with Crippen LogP contribution >= 0.6 is 11.8 Å². The van der Waals surface area contributed by atoms with Crippen molar-refractivity contribution in [2.75, 3.05) is 24.3 Å². The number of aromatic nitrogens is 3. The van der Waals surface area contributed by atoms with Crippen molar-refractivity contribution in [2.24, 2.45) is 0 Å². The van der Waals surface area contributed by atoms with Gasteiger partial charge in [-0.2, -0.15) is 0 Å². The lowest BCUT2D eigenvalue weighted by atomic mass is 10.2. The van der Waals surface area contributed by atoms with E-state index in [2.05, 4.69) is 22.4 Å². The maximum atomic E-state index is 12.2. The Kier molecular flexibility index (Phi) is 5.64. The first-order chi connectivity index (χ1) is 12.2. The first-order valence-electron chi connectivity index (χ1n) is 8.15. The molecule has 2 aromatic rings. The first-order valence-corrected chi connectivity index (χ1v) is 9.13. The van der Waals surface area contributed by atoms with Gasteiger partial charge in [0.2, 0.25) is 5.91 Å². The molecule has 2 N–H and O–H groups in total. The Morgan fingerprint density at radius 2 is 2.16 bits per heavy atom. The lowest BCUT2D eigenvalue weighted by Gasteiger charge is -2.18. The van der Waals surface area contributed by atoms with Gasteiger partial charge < -0.3 is 14.8 Å². The minimum Gasteiger partial charge on any atom is -0.486 e. The monoisotopic (exact) mass is 364 g/mol. The number of ether oxygens (including phenoxy) is 2. The second kappa shape index (κ2) is 8.11. The number of unbranched alkanes of at least 4 members (excludes halogenated alkanes) is 1. The second-order valence-corrected chi connectivity index (χ2v) is 6.45. The topological polar surface area (TPSA) is 98.2 Å². The van der Waals surface area contributed by atoms with E-state index in [1.807, 2.05) is 0 Å². The summed E-state index contributed by atoms with van der Waals surface area (Å²) in [4.78, 5) is 23.9. The lowest BCUT2D eigenvalue weighted by Crippen LogP contribution is -2.19. The molecule has 2 heterocycles. The summed E-state index contributed by atoms with van der Waals surface area (Å²) in [6, 6.07) is 5.28. The van der Waals surface area contributed by atoms with Crippen molar-refractivity contribution in [1.82, 2.24) is 14.8 Å². The first kappa shape index (κ1) is 17.4. The van der Waals surface area contributed by atoms with Crippen molar-refractivity contribution >= 4 is 23.4 Å². The molecule has 1 aliphatic heterocycles. The normalized spacial score (nSPS) is 12.8. The molecule has 3 rings (SSSR count). The fourth-order valence-electron chi connectivity index (χ4n) is 2.38. The van der Waals surface area contributed by atoms with E-state index >= 15 is 0 Å². The average molecular weight is 364 g/mol. The molecule has 1 amide bonds. The van der Waals surface area contributed by atoms with Gasteiger partial charge in [-0.05, 0) is 18.6 Å². The van der Waals surface area contributed by atoms with Gasteiger partial charge in [-0.25, -0.2) is 9.89 Å². The molecule has 0 aliphatic carbocycles. The van der Waals surface area contributed by atoms with Gasteiger partial charge in [-0.3, -0.25) is 9.36 Å². The Bertz CT molecular complexity index is 802. The molecular weight excluding hydrogens is 344 g/mol. The van der Waals surface area contributed by atoms with Crippen LogP contribution in [0, 0.1) is 0 Å². The van der Waals surface area contributed by atoms with Gasteiger partial charge in [-0.15, -0.1) is 5.10 Å². The molecule has 25 heavy (non-hydrogen) atoms. The van der Waals surface area contributed by atoms with Crippen molar-refractivity contribution in [3.8, 4) is 11.5 Å². The second-order valence-electron chi connectivity index (χ2n) is 5.51. The molecule has 0 saturated carbocycles. The molecule has 0 radical (unpaired) electrons. The Hall–Kier alpha value is -2.42. The van der Waals surface area contributed by atoms with Crippen molar-refractivity contribution in [1.29, 1.82) is 0 Å². The molecule has 0 bridgehead atoms. The van der Waals surface area contributed by atoms with Gasteiger partial charge in [0.05, 0.1) is 5.75 Å². The van der Waals surface area contributed by atoms with Crippen LogP contribution in [-0.2, 0) is 11.3 Å². The summed E-state index contributed by atoms with van der Waals surface area (Å²) in [7, 11) is 0. The fourth-order valence-corrected chi connectivity index (χ4v) is 3.15. The zero-order chi connectivity index (χ0) is 17.6. The van der Waals surface area contributed by atoms with Crippen molar-refractivity contribution in [3.63, 3.8) is 0 Å². The predicted octanol–water partition coefficient (Wildman–Crippen LogP) is 1.87. The van der Waals surface area contributed by atoms with Gasteiger partial charge in [0.25, 0.3) is 0 Å². The van der Waals surface area contributed by atoms with Crippen molar-refractivity contribution < 1.29 is 14.3 Å². The molecule has 1 aliphatic rings. The smallest absolute Gasteiger partial charge is 0.343 e. The van der Waals surface area contributed by atoms with Crippen LogP contribution in [0.5, 0.6) is 11.5 Å². The van der Waals surface area contributed by atoms with Crippen LogP contribution in [0.1, 0.15) is 19.8 Å². The Morgan fingerprint density at radius 3 is 2.96 bits per heavy atom. The third kappa shape index (κ3) is 4.36. The van der Waals surface area contributed by atoms with E-state index in [0.29, 0.717) is 42.1 Å². The number of amides is 1. The molecule has 0 atom stereocenters. The summed E-state index contributed by atoms with van der Waals surface area (Å²) in [6.07, 6.45) is 1.86. The maximum Gasteiger partial charge on any atom is 0.343 e. The van der Waals surface area contributed by atoms with Crippen molar-refractivity contribution in [3.05, 3.63) is 28.7 Å². The number of nitrogens with one attached hydrogen (secondary N) is 2. The summed E-state index contributed by atoms with van der Waals surface area (Å²) < 4.78 is 12.5. The molecule has 0 unspecified atom stereocenters. The SMILES string of the molecule is CCCCn1c(SCC(=O)Nc2ccc3c(c2)OCCO3)n[nH]c1=O. The molecule has 0 spiro atoms. The van der Waals surface area contributed by atoms with Crippen LogP contribution in [0.15, 0.2) is 28.2 Å². The van der Waals surface area contributed by atoms with E-state index < -0.39 is 0 Å². The lowest BCUT2D eigenvalue weighted by molar-refractivity contribution is -0.113. The van der Waals surface area contributed by atoms with Crippen LogP contribution in [0.25, 0.3) is 0 Å². The molecule has 134 valence electrons. The number of anilines is 1. The number of nitrogens with zero attached hydrogens (tertiary/aromatic N) is 2. The summed E-state index contributed by atoms with van der Waals surface area (Å²) in [6.45, 7) is 3.67. The van der Waals surface area contributed by atoms with Gasteiger partial charge in [0.15, 0.2) is 16.7 Å². The van der Waals surface area contributed by atoms with Crippen LogP contribution < -0.4 is 20.5 Å². The highest BCUT2D eigenvalue weighted by molar-refractivity contribution is 7.99. The number of H-pyrrole nitrogens is 1. The van der Waals surface area contributed by atoms with Gasteiger partial charge in [0.1, 0.15) is 13.2 Å². The van der Waals surface area contributed by atoms with Gasteiger partial charge >= 0.3 is 5.69 Å². The Balaban J connectivity index is 1.57. The highest BCUT2D eigenvalue weighted by atomic mass is 32.2. The number of thioether (sulfide) groups is 1. The Morgan fingerprint density at radius 1 is 1.36 bits per heavy atom. The summed E-state index contributed by atoms with van der Waals surface area (Å²) in [5.74, 6) is 1.27. The van der Waals surface area contributed by atoms with Crippen LogP contribution in [0.4, 0.5) is 5.69 Å². The molecular formula is C16H20N4O4S. The average Bonchev–Trinajstić information content (AvgIpc) is 2.98. The van der Waals surface area contributed by atoms with E-state index in [0.717, 1.165) is 12.8 Å². The van der Waals surface area contributed by atoms with E-state index in [9.17, 15) is 9.59 Å². The standard InChI is InChI=1S/C16H20N4O4S/c1-2-3-6-20-15(22)18-19-16(20)25-10-14(21)17-11-4-5-12-13(9-11)24-8-7-23-12/h4-5,9H,2-3,6-8,10H2,1H3,(H,17,21)(H,18,22). The number of carbonyl (C=O) groups is 1. The van der Waals surface area contributed by atoms with E-state index in [1.54, 1.807) is 22.8 Å². The number of hydrogen-bond acceptors (Lipinski definition) is 6. The van der Waals surface area contributed by atoms with Crippen LogP contribution in [0.3, 0.4) is 0 Å². The predicted molar refractivity (Wildman–Crippen MR) is 94.5 cm³/mol. The van der Waals surface area contributed by atoms with Crippen LogP contribution in [-0.4, -0.2) is 39.6 Å². The largest absolute Gasteiger partial charge is 0.486 e. The van der Waals surface area contributed by atoms with Gasteiger partial charge in [-0.1, -0.05) is 25.1 Å². The number of hydrogen-bond donors (Lipinski definition) is 2. The summed E-state index contributed by atoms with van der Waals surface area (Å²) in [5, 5.41) is 9.74. The van der Waals surface area contributed by atoms with Crippen molar-refractivity contribution in [2.45, 2.75) is 31.5 Å². The molecule has 0 fully saturated rings. The highest BCUT2D eigenvalue weighted by Gasteiger charge is 2.14. The molecule has 1 aromatic heterocycles. The van der Waals surface area contributed by atoms with Crippen LogP contribution in [0.2, 0.25) is 0 Å². The molecule has 8 nitrogen and oxygen atoms in total. The highest BCUT2D eigenvalue weighted by Crippen LogP contribution is 2.32. The molecule has 9 heteroatoms. The van der Waals surface area contributed by atoms with E-state index in [-0.39, 0.29) is 17.3 Å². The number of fused-ring (bicyclic) bond motifs is 1. The van der Waals surface area contributed by atoms with E-state index in [4.69, 9.17) is 9.47 Å². The van der Waals surface area contributed by atoms with E-state index in [1.165, 1.54) is 11.8 Å². The molecule has 0 saturated heterocycles. The minimum atomic E-state index is -0.247. The number of aromatic amines is 1. The molecule has 1 aromatic carbocycles. The third-order valence-electron chi connectivity index (χ3n) is 3.62. The zero-order valence-electron chi connectivity index (χ0n) is 13.9. The minimum absolute atomic E-state index is 0.158. The third-order valence-corrected chi connectivity index (χ3v) is 4.59. The number of benzene rings is 1. The number of rotatable bonds is 7. The fraction of sp³-hybridized carbons (Fsp3) is 0.438. The van der Waals surface area contributed by atoms with Gasteiger partial charge in [0, 0.05) is 18.3 Å². The summed E-state index contributed by atoms with van der Waals surface area (Å²) >= 11 is 1.23. The summed E-state index contributed by atoms with van der Waals surface area (Å²) in [5.41, 5.74) is 0.392. The quantitative estimate of drug-likeness (QED) is 0.728. The number of carbonyl (C=O) groups excluding carboxylic acids is 1. The Labute approximate surface area is 148 Å².